The minimum Gasteiger partial charge on any atom is -0.356 e. The summed E-state index contributed by atoms with van der Waals surface area (Å²) >= 11 is 0. The number of benzene rings is 1. The van der Waals surface area contributed by atoms with E-state index in [0.717, 1.165) is 18.2 Å². The topological polar surface area (TPSA) is 57.7 Å². The Morgan fingerprint density at radius 1 is 1.03 bits per heavy atom. The van der Waals surface area contributed by atoms with Crippen LogP contribution in [0.5, 0.6) is 0 Å². The van der Waals surface area contributed by atoms with Gasteiger partial charge in [-0.2, -0.15) is 13.2 Å². The Balaban J connectivity index is 0.000000200. The molecule has 1 aromatic carbocycles. The van der Waals surface area contributed by atoms with Gasteiger partial charge in [-0.15, -0.1) is 12.1 Å². The van der Waals surface area contributed by atoms with Gasteiger partial charge >= 0.3 is 6.18 Å². The second-order valence-corrected chi connectivity index (χ2v) is 5.29. The van der Waals surface area contributed by atoms with Gasteiger partial charge < -0.3 is 14.8 Å². The van der Waals surface area contributed by atoms with E-state index < -0.39 is 23.5 Å². The zero-order valence-corrected chi connectivity index (χ0v) is 16.6. The quantitative estimate of drug-likeness (QED) is 0.264. The van der Waals surface area contributed by atoms with Gasteiger partial charge in [0.15, 0.2) is 0 Å². The Kier molecular flexibility index (Phi) is 7.35. The zero-order valence-electron chi connectivity index (χ0n) is 14.2. The second-order valence-electron chi connectivity index (χ2n) is 5.29. The Hall–Kier alpha value is -2.91. The summed E-state index contributed by atoms with van der Waals surface area (Å²) < 4.78 is 63.3. The predicted octanol–water partition coefficient (Wildman–Crippen LogP) is 4.07. The van der Waals surface area contributed by atoms with Crippen LogP contribution in [0.2, 0.25) is 0 Å². The third kappa shape index (κ3) is 5.78. The molecule has 0 saturated heterocycles. The van der Waals surface area contributed by atoms with Crippen LogP contribution in [0, 0.1) is 17.7 Å². The molecule has 1 radical (unpaired) electrons. The van der Waals surface area contributed by atoms with Crippen LogP contribution in [0.15, 0.2) is 61.1 Å². The molecule has 3 aromatic heterocycles. The Morgan fingerprint density at radius 2 is 1.83 bits per heavy atom. The summed E-state index contributed by atoms with van der Waals surface area (Å²) in [5, 5.41) is 10.1. The van der Waals surface area contributed by atoms with E-state index in [0.29, 0.717) is 5.69 Å². The smallest absolute Gasteiger partial charge is 0.356 e. The molecule has 0 fully saturated rings. The van der Waals surface area contributed by atoms with E-state index in [-0.39, 0.29) is 31.5 Å². The van der Waals surface area contributed by atoms with Crippen LogP contribution >= 0.6 is 0 Å². The van der Waals surface area contributed by atoms with Gasteiger partial charge in [0.25, 0.3) is 0 Å². The van der Waals surface area contributed by atoms with Crippen molar-refractivity contribution in [3.63, 3.8) is 0 Å². The third-order valence-electron chi connectivity index (χ3n) is 3.33. The molecule has 153 valence electrons. The van der Waals surface area contributed by atoms with Crippen molar-refractivity contribution in [1.29, 1.82) is 0 Å². The molecule has 0 aliphatic heterocycles. The fraction of sp³-hybridized carbons (Fsp3) is 0.0556. The van der Waals surface area contributed by atoms with E-state index in [4.69, 9.17) is 0 Å². The molecule has 11 heteroatoms. The first-order chi connectivity index (χ1) is 13.3. The molecular formula is C18H10F5IrN5-2. The van der Waals surface area contributed by atoms with Gasteiger partial charge in [0.1, 0.15) is 5.69 Å². The molecule has 3 heterocycles. The number of aromatic nitrogens is 5. The summed E-state index contributed by atoms with van der Waals surface area (Å²) in [6.07, 6.45) is 0.0243. The van der Waals surface area contributed by atoms with Crippen molar-refractivity contribution >= 4 is 0 Å². The van der Waals surface area contributed by atoms with Crippen molar-refractivity contribution in [3.05, 3.63) is 84.4 Å². The maximum atomic E-state index is 13.2. The second kappa shape index (κ2) is 9.53. The van der Waals surface area contributed by atoms with Crippen LogP contribution < -0.4 is 5.10 Å². The van der Waals surface area contributed by atoms with Crippen LogP contribution in [0.4, 0.5) is 22.0 Å². The summed E-state index contributed by atoms with van der Waals surface area (Å²) in [6, 6.07) is 12.0. The van der Waals surface area contributed by atoms with E-state index >= 15 is 0 Å². The molecule has 0 amide bonds. The number of nitrogens with zero attached hydrogens (tertiary/aromatic N) is 5. The van der Waals surface area contributed by atoms with Gasteiger partial charge in [0.05, 0.1) is 0 Å². The summed E-state index contributed by atoms with van der Waals surface area (Å²) in [5.74, 6) is -1.23. The third-order valence-corrected chi connectivity index (χ3v) is 3.33. The van der Waals surface area contributed by atoms with Gasteiger partial charge in [0.2, 0.25) is 0 Å². The first-order valence-electron chi connectivity index (χ1n) is 7.70. The van der Waals surface area contributed by atoms with Crippen molar-refractivity contribution in [3.8, 4) is 17.1 Å². The molecule has 5 nitrogen and oxygen atoms in total. The number of pyridine rings is 1. The number of hydrogen-bond acceptors (Lipinski definition) is 3. The van der Waals surface area contributed by atoms with E-state index in [1.807, 2.05) is 0 Å². The van der Waals surface area contributed by atoms with Gasteiger partial charge in [0, 0.05) is 44.1 Å². The molecule has 4 aromatic rings. The van der Waals surface area contributed by atoms with Crippen molar-refractivity contribution < 1.29 is 42.1 Å². The Labute approximate surface area is 175 Å². The maximum absolute atomic E-state index is 13.2. The summed E-state index contributed by atoms with van der Waals surface area (Å²) in [5.41, 5.74) is -0.375. The normalized spacial score (nSPS) is 10.7. The Morgan fingerprint density at radius 3 is 2.38 bits per heavy atom. The summed E-state index contributed by atoms with van der Waals surface area (Å²) in [4.78, 5) is 3.95. The molecule has 0 saturated carbocycles. The largest absolute Gasteiger partial charge is 0.433 e. The van der Waals surface area contributed by atoms with Crippen molar-refractivity contribution in [2.75, 3.05) is 0 Å². The zero-order chi connectivity index (χ0) is 20.1. The standard InChI is InChI=1S/C11H6F2N.C7H4F3N4.Ir/c12-8-4-5-9(10(13)7-8)11-3-1-2-6-14-11;8-7(9,10)5-4-6(13-12-5)14-3-1-2-11-14;/h1-4,6-7H;1-4H;/q2*-1;. The van der Waals surface area contributed by atoms with Gasteiger partial charge in [-0.25, -0.2) is 0 Å². The van der Waals surface area contributed by atoms with Crippen LogP contribution in [0.25, 0.3) is 17.1 Å². The van der Waals surface area contributed by atoms with Crippen molar-refractivity contribution in [1.82, 2.24) is 25.0 Å². The summed E-state index contributed by atoms with van der Waals surface area (Å²) in [6.45, 7) is 0. The molecule has 0 aliphatic rings. The molecule has 0 bridgehead atoms. The number of hydrogen-bond donors (Lipinski definition) is 0. The molecule has 0 spiro atoms. The molecule has 29 heavy (non-hydrogen) atoms. The van der Waals surface area contributed by atoms with Gasteiger partial charge in [-0.05, 0) is 29.7 Å². The van der Waals surface area contributed by atoms with Gasteiger partial charge in [-0.1, -0.05) is 30.0 Å². The fourth-order valence-corrected chi connectivity index (χ4v) is 2.09. The molecule has 4 rings (SSSR count). The van der Waals surface area contributed by atoms with Crippen LogP contribution in [-0.2, 0) is 26.3 Å². The minimum atomic E-state index is -4.46. The van der Waals surface area contributed by atoms with E-state index in [9.17, 15) is 22.0 Å². The SMILES string of the molecule is FC(F)(F)c1cc(-n2cccn2)[n-]n1.Fc1c[c-]c(-c2ccccn2)c(F)c1.[Ir]. The van der Waals surface area contributed by atoms with Crippen molar-refractivity contribution in [2.24, 2.45) is 0 Å². The number of rotatable bonds is 2. The maximum Gasteiger partial charge on any atom is 0.433 e. The van der Waals surface area contributed by atoms with E-state index in [2.05, 4.69) is 26.3 Å². The monoisotopic (exact) mass is 584 g/mol. The summed E-state index contributed by atoms with van der Waals surface area (Å²) in [7, 11) is 0. The molecule has 0 aliphatic carbocycles. The van der Waals surface area contributed by atoms with Crippen LogP contribution in [-0.4, -0.2) is 19.9 Å². The van der Waals surface area contributed by atoms with E-state index in [1.54, 1.807) is 30.5 Å². The first-order valence-corrected chi connectivity index (χ1v) is 7.70. The van der Waals surface area contributed by atoms with Crippen LogP contribution in [0.3, 0.4) is 0 Å². The number of alkyl halides is 3. The Bertz CT molecular complexity index is 1030. The molecule has 0 atom stereocenters. The van der Waals surface area contributed by atoms with Crippen molar-refractivity contribution in [2.45, 2.75) is 6.18 Å². The number of halogens is 5. The minimum absolute atomic E-state index is 0. The predicted molar refractivity (Wildman–Crippen MR) is 88.1 cm³/mol. The molecule has 0 N–H and O–H groups in total. The first kappa shape index (κ1) is 22.4. The van der Waals surface area contributed by atoms with Gasteiger partial charge in [-0.3, -0.25) is 19.0 Å². The van der Waals surface area contributed by atoms with E-state index in [1.165, 1.54) is 17.1 Å². The average molecular weight is 584 g/mol. The average Bonchev–Trinajstić information content (AvgIpc) is 3.34. The molecule has 0 unspecified atom stereocenters. The molecular weight excluding hydrogens is 573 g/mol. The fourth-order valence-electron chi connectivity index (χ4n) is 2.09. The van der Waals surface area contributed by atoms with Crippen LogP contribution in [0.1, 0.15) is 5.69 Å².